The number of amides is 1. The molecule has 0 spiro atoms. The predicted molar refractivity (Wildman–Crippen MR) is 92.0 cm³/mol. The lowest BCUT2D eigenvalue weighted by Crippen LogP contribution is -2.35. The maximum atomic E-state index is 12.4. The molecule has 0 unspecified atom stereocenters. The third-order valence-electron chi connectivity index (χ3n) is 5.28. The van der Waals surface area contributed by atoms with Gasteiger partial charge in [-0.2, -0.15) is 0 Å². The fourth-order valence-electron chi connectivity index (χ4n) is 3.57. The van der Waals surface area contributed by atoms with Crippen molar-refractivity contribution in [1.82, 2.24) is 4.98 Å². The molecule has 3 heteroatoms. The third kappa shape index (κ3) is 3.00. The number of aromatic nitrogens is 1. The van der Waals surface area contributed by atoms with Crippen LogP contribution in [-0.4, -0.2) is 10.9 Å². The molecular formula is C20H22N2O. The van der Waals surface area contributed by atoms with E-state index < -0.39 is 0 Å². The monoisotopic (exact) mass is 306 g/mol. The number of rotatable bonds is 4. The lowest BCUT2D eigenvalue weighted by Gasteiger charge is -2.34. The van der Waals surface area contributed by atoms with E-state index in [1.165, 1.54) is 18.4 Å². The predicted octanol–water partition coefficient (Wildman–Crippen LogP) is 4.43. The van der Waals surface area contributed by atoms with Gasteiger partial charge in [0.2, 0.25) is 5.91 Å². The molecule has 3 nitrogen and oxygen atoms in total. The average molecular weight is 306 g/mol. The van der Waals surface area contributed by atoms with Gasteiger partial charge in [-0.3, -0.25) is 9.78 Å². The summed E-state index contributed by atoms with van der Waals surface area (Å²) >= 11 is 0. The van der Waals surface area contributed by atoms with E-state index in [-0.39, 0.29) is 11.8 Å². The van der Waals surface area contributed by atoms with E-state index in [0.717, 1.165) is 41.6 Å². The van der Waals surface area contributed by atoms with Crippen molar-refractivity contribution in [3.63, 3.8) is 0 Å². The van der Waals surface area contributed by atoms with Gasteiger partial charge in [-0.05, 0) is 74.3 Å². The molecule has 2 aliphatic rings. The summed E-state index contributed by atoms with van der Waals surface area (Å²) in [6.07, 6.45) is 6.71. The van der Waals surface area contributed by atoms with Crippen LogP contribution in [0.3, 0.4) is 0 Å². The second-order valence-corrected chi connectivity index (χ2v) is 7.00. The summed E-state index contributed by atoms with van der Waals surface area (Å²) < 4.78 is 0. The smallest absolute Gasteiger partial charge is 0.227 e. The molecule has 0 atom stereocenters. The lowest BCUT2D eigenvalue weighted by atomic mass is 9.72. The first-order valence-electron chi connectivity index (χ1n) is 8.53. The van der Waals surface area contributed by atoms with Crippen LogP contribution in [0, 0.1) is 24.7 Å². The Balaban J connectivity index is 1.46. The molecule has 2 saturated carbocycles. The molecule has 2 fully saturated rings. The third-order valence-corrected chi connectivity index (χ3v) is 5.28. The van der Waals surface area contributed by atoms with Crippen LogP contribution in [0.5, 0.6) is 0 Å². The number of carbonyl (C=O) groups is 1. The molecule has 0 bridgehead atoms. The van der Waals surface area contributed by atoms with Crippen molar-refractivity contribution in [2.24, 2.45) is 17.8 Å². The molecule has 23 heavy (non-hydrogen) atoms. The van der Waals surface area contributed by atoms with Crippen molar-refractivity contribution < 1.29 is 4.79 Å². The van der Waals surface area contributed by atoms with Gasteiger partial charge in [-0.25, -0.2) is 0 Å². The quantitative estimate of drug-likeness (QED) is 0.908. The van der Waals surface area contributed by atoms with E-state index in [1.54, 1.807) is 6.20 Å². The van der Waals surface area contributed by atoms with Crippen LogP contribution < -0.4 is 5.32 Å². The van der Waals surface area contributed by atoms with Crippen LogP contribution in [0.4, 0.5) is 5.69 Å². The minimum atomic E-state index is 0.178. The normalized spacial score (nSPS) is 23.2. The zero-order valence-electron chi connectivity index (χ0n) is 13.5. The molecule has 4 rings (SSSR count). The molecule has 1 aromatic carbocycles. The minimum Gasteiger partial charge on any atom is -0.326 e. The van der Waals surface area contributed by atoms with E-state index in [2.05, 4.69) is 17.2 Å². The Morgan fingerprint density at radius 2 is 1.96 bits per heavy atom. The second-order valence-electron chi connectivity index (χ2n) is 7.00. The van der Waals surface area contributed by atoms with Crippen molar-refractivity contribution >= 4 is 11.6 Å². The molecule has 0 saturated heterocycles. The Bertz CT molecular complexity index is 716. The maximum absolute atomic E-state index is 12.4. The Hall–Kier alpha value is -2.16. The standard InChI is InChI=1S/C20H22N2O/c1-13-5-8-17(12-18(13)19-4-2-3-9-21-19)22-20(23)16-10-15(11-16)14-6-7-14/h2-5,8-9,12,14-16H,6-7,10-11H2,1H3,(H,22,23)/t15-,16-. The first-order chi connectivity index (χ1) is 11.2. The number of carbonyl (C=O) groups excluding carboxylic acids is 1. The van der Waals surface area contributed by atoms with Crippen LogP contribution in [0.25, 0.3) is 11.3 Å². The molecule has 0 aliphatic heterocycles. The van der Waals surface area contributed by atoms with Crippen molar-refractivity contribution in [3.8, 4) is 11.3 Å². The molecule has 1 heterocycles. The maximum Gasteiger partial charge on any atom is 0.227 e. The Morgan fingerprint density at radius 3 is 2.65 bits per heavy atom. The first kappa shape index (κ1) is 14.4. The van der Waals surface area contributed by atoms with Crippen molar-refractivity contribution in [2.75, 3.05) is 5.32 Å². The van der Waals surface area contributed by atoms with E-state index in [0.29, 0.717) is 0 Å². The van der Waals surface area contributed by atoms with Crippen LogP contribution in [0.2, 0.25) is 0 Å². The lowest BCUT2D eigenvalue weighted by molar-refractivity contribution is -0.124. The van der Waals surface area contributed by atoms with Crippen LogP contribution in [0.1, 0.15) is 31.2 Å². The van der Waals surface area contributed by atoms with Gasteiger partial charge in [0.25, 0.3) is 0 Å². The number of pyridine rings is 1. The van der Waals surface area contributed by atoms with Gasteiger partial charge in [0.1, 0.15) is 0 Å². The van der Waals surface area contributed by atoms with E-state index >= 15 is 0 Å². The van der Waals surface area contributed by atoms with Crippen LogP contribution in [-0.2, 0) is 4.79 Å². The highest BCUT2D eigenvalue weighted by atomic mass is 16.1. The van der Waals surface area contributed by atoms with E-state index in [9.17, 15) is 4.79 Å². The van der Waals surface area contributed by atoms with Gasteiger partial charge in [-0.15, -0.1) is 0 Å². The van der Waals surface area contributed by atoms with Gasteiger partial charge in [-0.1, -0.05) is 12.1 Å². The topological polar surface area (TPSA) is 42.0 Å². The summed E-state index contributed by atoms with van der Waals surface area (Å²) in [6, 6.07) is 12.0. The first-order valence-corrected chi connectivity index (χ1v) is 8.53. The van der Waals surface area contributed by atoms with Gasteiger partial charge >= 0.3 is 0 Å². The number of aryl methyl sites for hydroxylation is 1. The van der Waals surface area contributed by atoms with Crippen molar-refractivity contribution in [2.45, 2.75) is 32.6 Å². The molecule has 0 radical (unpaired) electrons. The van der Waals surface area contributed by atoms with E-state index in [4.69, 9.17) is 0 Å². The molecule has 1 N–H and O–H groups in total. The largest absolute Gasteiger partial charge is 0.326 e. The summed E-state index contributed by atoms with van der Waals surface area (Å²) in [6.45, 7) is 2.07. The fraction of sp³-hybridized carbons (Fsp3) is 0.400. The molecular weight excluding hydrogens is 284 g/mol. The van der Waals surface area contributed by atoms with Gasteiger partial charge in [0.15, 0.2) is 0 Å². The highest BCUT2D eigenvalue weighted by Gasteiger charge is 2.42. The second kappa shape index (κ2) is 5.80. The summed E-state index contributed by atoms with van der Waals surface area (Å²) in [4.78, 5) is 16.8. The Kier molecular flexibility index (Phi) is 3.64. The van der Waals surface area contributed by atoms with Gasteiger partial charge in [0, 0.05) is 23.4 Å². The summed E-state index contributed by atoms with van der Waals surface area (Å²) in [7, 11) is 0. The minimum absolute atomic E-state index is 0.178. The number of anilines is 1. The molecule has 1 aromatic heterocycles. The number of benzene rings is 1. The zero-order valence-corrected chi connectivity index (χ0v) is 13.5. The number of nitrogens with zero attached hydrogens (tertiary/aromatic N) is 1. The fourth-order valence-corrected chi connectivity index (χ4v) is 3.57. The average Bonchev–Trinajstić information content (AvgIpc) is 3.33. The molecule has 2 aliphatic carbocycles. The number of nitrogens with one attached hydrogen (secondary N) is 1. The summed E-state index contributed by atoms with van der Waals surface area (Å²) in [5.74, 6) is 2.12. The van der Waals surface area contributed by atoms with Crippen LogP contribution in [0.15, 0.2) is 42.6 Å². The summed E-state index contributed by atoms with van der Waals surface area (Å²) in [5, 5.41) is 3.09. The van der Waals surface area contributed by atoms with Gasteiger partial charge < -0.3 is 5.32 Å². The number of hydrogen-bond acceptors (Lipinski definition) is 2. The highest BCUT2D eigenvalue weighted by molar-refractivity contribution is 5.93. The van der Waals surface area contributed by atoms with Crippen molar-refractivity contribution in [1.29, 1.82) is 0 Å². The SMILES string of the molecule is Cc1ccc(NC(=O)[C@H]2C[C@H](C3CC3)C2)cc1-c1ccccn1. The molecule has 118 valence electrons. The zero-order chi connectivity index (χ0) is 15.8. The Labute approximate surface area is 137 Å². The van der Waals surface area contributed by atoms with E-state index in [1.807, 2.05) is 36.4 Å². The van der Waals surface area contributed by atoms with Crippen LogP contribution >= 0.6 is 0 Å². The van der Waals surface area contributed by atoms with Gasteiger partial charge in [0.05, 0.1) is 5.69 Å². The Morgan fingerprint density at radius 1 is 1.13 bits per heavy atom. The molecule has 2 aromatic rings. The number of hydrogen-bond donors (Lipinski definition) is 1. The summed E-state index contributed by atoms with van der Waals surface area (Å²) in [5.41, 5.74) is 4.06. The highest BCUT2D eigenvalue weighted by Crippen LogP contribution is 2.49. The molecule has 1 amide bonds. The van der Waals surface area contributed by atoms with Crippen molar-refractivity contribution in [3.05, 3.63) is 48.2 Å².